The fourth-order valence-corrected chi connectivity index (χ4v) is 4.24. The van der Waals surface area contributed by atoms with Crippen LogP contribution >= 0.6 is 0 Å². The smallest absolute Gasteiger partial charge is 0.324 e. The average molecular weight is 447 g/mol. The van der Waals surface area contributed by atoms with Crippen molar-refractivity contribution in [3.8, 4) is 0 Å². The lowest BCUT2D eigenvalue weighted by atomic mass is 10.1. The van der Waals surface area contributed by atoms with Crippen LogP contribution in [0.5, 0.6) is 0 Å². The molecule has 7 heteroatoms. The van der Waals surface area contributed by atoms with E-state index >= 15 is 0 Å². The van der Waals surface area contributed by atoms with Gasteiger partial charge in [0.1, 0.15) is 6.04 Å². The van der Waals surface area contributed by atoms with Crippen molar-refractivity contribution < 1.29 is 14.4 Å². The summed E-state index contributed by atoms with van der Waals surface area (Å²) in [5.41, 5.74) is 2.90. The molecule has 1 atom stereocenters. The minimum Gasteiger partial charge on any atom is -0.347 e. The Morgan fingerprint density at radius 2 is 1.85 bits per heavy atom. The molecule has 0 saturated carbocycles. The second-order valence-electron chi connectivity index (χ2n) is 8.91. The number of nitrogens with zero attached hydrogens (tertiary/aromatic N) is 2. The third kappa shape index (κ3) is 5.25. The lowest BCUT2D eigenvalue weighted by molar-refractivity contribution is -0.127. The summed E-state index contributed by atoms with van der Waals surface area (Å²) >= 11 is 0. The van der Waals surface area contributed by atoms with Crippen LogP contribution in [0.4, 0.5) is 10.5 Å². The first-order valence-electron chi connectivity index (χ1n) is 11.5. The van der Waals surface area contributed by atoms with E-state index in [0.717, 1.165) is 28.7 Å². The van der Waals surface area contributed by atoms with Crippen molar-refractivity contribution in [1.82, 2.24) is 14.8 Å². The molecular weight excluding hydrogens is 416 g/mol. The van der Waals surface area contributed by atoms with Crippen molar-refractivity contribution in [2.45, 2.75) is 45.7 Å². The van der Waals surface area contributed by atoms with Gasteiger partial charge in [-0.05, 0) is 42.5 Å². The van der Waals surface area contributed by atoms with Gasteiger partial charge in [-0.25, -0.2) is 4.79 Å². The van der Waals surface area contributed by atoms with E-state index < -0.39 is 12.1 Å². The van der Waals surface area contributed by atoms with Gasteiger partial charge in [-0.15, -0.1) is 0 Å². The maximum atomic E-state index is 12.7. The molecule has 2 heterocycles. The SMILES string of the molecule is CC(C)Cn1ccc2c(NC(=O)CCC3NC(=O)N(CCc4ccccc4)C3=O)cccc21. The maximum absolute atomic E-state index is 12.7. The molecule has 172 valence electrons. The van der Waals surface area contributed by atoms with Crippen molar-refractivity contribution >= 4 is 34.4 Å². The molecule has 1 saturated heterocycles. The zero-order chi connectivity index (χ0) is 23.4. The van der Waals surface area contributed by atoms with Crippen molar-refractivity contribution in [2.75, 3.05) is 11.9 Å². The van der Waals surface area contributed by atoms with Crippen LogP contribution in [-0.2, 0) is 22.6 Å². The predicted molar refractivity (Wildman–Crippen MR) is 129 cm³/mol. The summed E-state index contributed by atoms with van der Waals surface area (Å²) in [6.45, 7) is 5.57. The van der Waals surface area contributed by atoms with E-state index in [1.807, 2.05) is 60.8 Å². The van der Waals surface area contributed by atoms with Gasteiger partial charge < -0.3 is 15.2 Å². The normalized spacial score (nSPS) is 16.0. The van der Waals surface area contributed by atoms with Gasteiger partial charge in [-0.3, -0.25) is 14.5 Å². The summed E-state index contributed by atoms with van der Waals surface area (Å²) in [7, 11) is 0. The molecule has 0 aliphatic carbocycles. The number of amides is 4. The highest BCUT2D eigenvalue weighted by atomic mass is 16.2. The number of rotatable bonds is 9. The van der Waals surface area contributed by atoms with Gasteiger partial charge in [0.05, 0.1) is 11.2 Å². The molecule has 1 aliphatic rings. The first-order chi connectivity index (χ1) is 15.9. The van der Waals surface area contributed by atoms with E-state index in [1.54, 1.807) is 0 Å². The van der Waals surface area contributed by atoms with E-state index in [4.69, 9.17) is 0 Å². The number of imide groups is 1. The Bertz CT molecular complexity index is 1150. The molecule has 0 spiro atoms. The first kappa shape index (κ1) is 22.6. The van der Waals surface area contributed by atoms with Gasteiger partial charge in [0, 0.05) is 31.1 Å². The lowest BCUT2D eigenvalue weighted by Crippen LogP contribution is -2.33. The summed E-state index contributed by atoms with van der Waals surface area (Å²) in [4.78, 5) is 38.8. The summed E-state index contributed by atoms with van der Waals surface area (Å²) in [5, 5.41) is 6.67. The summed E-state index contributed by atoms with van der Waals surface area (Å²) in [5.74, 6) is 0.0748. The van der Waals surface area contributed by atoms with Crippen molar-refractivity contribution in [1.29, 1.82) is 0 Å². The highest BCUT2D eigenvalue weighted by Crippen LogP contribution is 2.25. The largest absolute Gasteiger partial charge is 0.347 e. The summed E-state index contributed by atoms with van der Waals surface area (Å²) in [6, 6.07) is 16.6. The Labute approximate surface area is 193 Å². The number of carbonyl (C=O) groups is 3. The molecule has 2 aromatic carbocycles. The number of hydrogen-bond donors (Lipinski definition) is 2. The van der Waals surface area contributed by atoms with E-state index in [1.165, 1.54) is 4.90 Å². The number of carbonyl (C=O) groups excluding carboxylic acids is 3. The fraction of sp³-hybridized carbons (Fsp3) is 0.346. The van der Waals surface area contributed by atoms with Gasteiger partial charge in [-0.1, -0.05) is 50.2 Å². The number of nitrogens with one attached hydrogen (secondary N) is 2. The van der Waals surface area contributed by atoms with Gasteiger partial charge in [0.15, 0.2) is 0 Å². The average Bonchev–Trinajstić information content (AvgIpc) is 3.32. The zero-order valence-corrected chi connectivity index (χ0v) is 19.1. The topological polar surface area (TPSA) is 83.4 Å². The number of anilines is 1. The Kier molecular flexibility index (Phi) is 6.77. The second-order valence-corrected chi connectivity index (χ2v) is 8.91. The van der Waals surface area contributed by atoms with E-state index in [0.29, 0.717) is 18.9 Å². The van der Waals surface area contributed by atoms with Crippen LogP contribution in [0.2, 0.25) is 0 Å². The Balaban J connectivity index is 1.32. The lowest BCUT2D eigenvalue weighted by Gasteiger charge is -2.13. The minimum atomic E-state index is -0.665. The predicted octanol–water partition coefficient (Wildman–Crippen LogP) is 4.18. The van der Waals surface area contributed by atoms with Crippen molar-refractivity contribution in [3.05, 3.63) is 66.4 Å². The molecule has 3 aromatic rings. The molecule has 7 nitrogen and oxygen atoms in total. The number of fused-ring (bicyclic) bond motifs is 1. The molecular formula is C26H30N4O3. The van der Waals surface area contributed by atoms with Crippen molar-refractivity contribution in [2.24, 2.45) is 5.92 Å². The molecule has 2 N–H and O–H groups in total. The number of benzene rings is 2. The second kappa shape index (κ2) is 9.90. The van der Waals surface area contributed by atoms with E-state index in [-0.39, 0.29) is 24.7 Å². The van der Waals surface area contributed by atoms with E-state index in [9.17, 15) is 14.4 Å². The molecule has 1 fully saturated rings. The molecule has 1 unspecified atom stereocenters. The van der Waals surface area contributed by atoms with Crippen LogP contribution in [0, 0.1) is 5.92 Å². The number of hydrogen-bond acceptors (Lipinski definition) is 3. The number of aromatic nitrogens is 1. The van der Waals surface area contributed by atoms with Gasteiger partial charge in [0.25, 0.3) is 5.91 Å². The highest BCUT2D eigenvalue weighted by molar-refractivity contribution is 6.05. The van der Waals surface area contributed by atoms with Crippen LogP contribution < -0.4 is 10.6 Å². The van der Waals surface area contributed by atoms with Gasteiger partial charge in [0.2, 0.25) is 5.91 Å². The van der Waals surface area contributed by atoms with Crippen LogP contribution in [0.25, 0.3) is 10.9 Å². The third-order valence-electron chi connectivity index (χ3n) is 5.88. The fourth-order valence-electron chi connectivity index (χ4n) is 4.24. The Morgan fingerprint density at radius 1 is 1.06 bits per heavy atom. The van der Waals surface area contributed by atoms with Crippen LogP contribution in [0.3, 0.4) is 0 Å². The molecule has 4 amide bonds. The zero-order valence-electron chi connectivity index (χ0n) is 19.1. The van der Waals surface area contributed by atoms with Crippen molar-refractivity contribution in [3.63, 3.8) is 0 Å². The molecule has 0 bridgehead atoms. The molecule has 0 radical (unpaired) electrons. The van der Waals surface area contributed by atoms with Gasteiger partial charge in [-0.2, -0.15) is 0 Å². The quantitative estimate of drug-likeness (QED) is 0.484. The summed E-state index contributed by atoms with van der Waals surface area (Å²) in [6.07, 6.45) is 3.06. The maximum Gasteiger partial charge on any atom is 0.324 e. The van der Waals surface area contributed by atoms with Gasteiger partial charge >= 0.3 is 6.03 Å². The molecule has 1 aromatic heterocycles. The van der Waals surface area contributed by atoms with Crippen LogP contribution in [0.15, 0.2) is 60.8 Å². The molecule has 33 heavy (non-hydrogen) atoms. The number of urea groups is 1. The highest BCUT2D eigenvalue weighted by Gasteiger charge is 2.37. The minimum absolute atomic E-state index is 0.145. The monoisotopic (exact) mass is 446 g/mol. The van der Waals surface area contributed by atoms with Crippen LogP contribution in [-0.4, -0.2) is 39.9 Å². The third-order valence-corrected chi connectivity index (χ3v) is 5.88. The van der Waals surface area contributed by atoms with Crippen LogP contribution in [0.1, 0.15) is 32.3 Å². The molecule has 4 rings (SSSR count). The standard InChI is InChI=1S/C26H30N4O3/c1-18(2)17-29-15-14-20-21(9-6-10-23(20)29)27-24(31)12-11-22-25(32)30(26(33)28-22)16-13-19-7-4-3-5-8-19/h3-10,14-15,18,22H,11-13,16-17H2,1-2H3,(H,27,31)(H,28,33). The Hall–Kier alpha value is -3.61. The first-order valence-corrected chi connectivity index (χ1v) is 11.5. The summed E-state index contributed by atoms with van der Waals surface area (Å²) < 4.78 is 2.19. The Morgan fingerprint density at radius 3 is 2.61 bits per heavy atom. The van der Waals surface area contributed by atoms with E-state index in [2.05, 4.69) is 29.0 Å². The molecule has 1 aliphatic heterocycles.